The number of fused-ring (bicyclic) bond motifs is 6. The summed E-state index contributed by atoms with van der Waals surface area (Å²) in [6, 6.07) is 0. The van der Waals surface area contributed by atoms with E-state index < -0.39 is 8.32 Å². The zero-order chi connectivity index (χ0) is 14.7. The zero-order valence-electron chi connectivity index (χ0n) is 13.7. The molecular weight excluding hydrogens is 264 g/mol. The van der Waals surface area contributed by atoms with Gasteiger partial charge in [-0.15, -0.1) is 0 Å². The first kappa shape index (κ1) is 14.8. The van der Waals surface area contributed by atoms with Crippen molar-refractivity contribution in [3.05, 3.63) is 0 Å². The molecule has 3 heteroatoms. The minimum Gasteiger partial charge on any atom is -0.417 e. The molecule has 2 nitrogen and oxygen atoms in total. The molecule has 0 saturated heterocycles. The van der Waals surface area contributed by atoms with Crippen LogP contribution in [0.15, 0.2) is 0 Å². The van der Waals surface area contributed by atoms with Gasteiger partial charge in [0.1, 0.15) is 5.78 Å². The Labute approximate surface area is 124 Å². The van der Waals surface area contributed by atoms with Crippen LogP contribution in [-0.4, -0.2) is 20.7 Å². The molecule has 3 aliphatic rings. The summed E-state index contributed by atoms with van der Waals surface area (Å²) >= 11 is 0. The molecular formula is C17H30O2Si. The summed E-state index contributed by atoms with van der Waals surface area (Å²) < 4.78 is 6.50. The minimum absolute atomic E-state index is 0.287. The molecule has 0 aromatic carbocycles. The molecule has 0 aromatic heterocycles. The zero-order valence-corrected chi connectivity index (χ0v) is 14.7. The number of rotatable bonds is 3. The lowest BCUT2D eigenvalue weighted by Gasteiger charge is -2.40. The molecule has 0 heterocycles. The molecule has 0 radical (unpaired) electrons. The van der Waals surface area contributed by atoms with E-state index >= 15 is 0 Å². The Morgan fingerprint density at radius 3 is 2.00 bits per heavy atom. The highest BCUT2D eigenvalue weighted by atomic mass is 28.4. The molecule has 114 valence electrons. The Morgan fingerprint density at radius 2 is 1.55 bits per heavy atom. The maximum atomic E-state index is 12.3. The molecule has 4 atom stereocenters. The van der Waals surface area contributed by atoms with Crippen molar-refractivity contribution in [2.24, 2.45) is 29.6 Å². The molecule has 20 heavy (non-hydrogen) atoms. The Bertz CT molecular complexity index is 388. The van der Waals surface area contributed by atoms with Crippen molar-refractivity contribution in [3.63, 3.8) is 0 Å². The first-order valence-corrected chi connectivity index (χ1v) is 11.3. The van der Waals surface area contributed by atoms with Crippen molar-refractivity contribution in [2.75, 3.05) is 6.61 Å². The van der Waals surface area contributed by atoms with E-state index in [1.54, 1.807) is 0 Å². The molecule has 3 rings (SSSR count). The summed E-state index contributed by atoms with van der Waals surface area (Å²) in [7, 11) is -1.65. The van der Waals surface area contributed by atoms with E-state index in [9.17, 15) is 4.79 Å². The molecule has 4 bridgehead atoms. The van der Waals surface area contributed by atoms with Crippen LogP contribution >= 0.6 is 0 Å². The number of Topliss-reactive ketones (excluding diaryl/α,β-unsaturated/α-hetero) is 1. The molecule has 0 N–H and O–H groups in total. The average Bonchev–Trinajstić information content (AvgIpc) is 2.77. The highest BCUT2D eigenvalue weighted by Gasteiger charge is 2.56. The normalized spacial score (nSPS) is 40.5. The maximum absolute atomic E-state index is 12.3. The predicted octanol–water partition coefficient (Wildman–Crippen LogP) is 4.26. The summed E-state index contributed by atoms with van der Waals surface area (Å²) in [6.07, 6.45) is 4.90. The van der Waals surface area contributed by atoms with Crippen molar-refractivity contribution in [1.82, 2.24) is 0 Å². The van der Waals surface area contributed by atoms with Crippen molar-refractivity contribution >= 4 is 14.1 Å². The quantitative estimate of drug-likeness (QED) is 0.727. The predicted molar refractivity (Wildman–Crippen MR) is 84.1 cm³/mol. The van der Waals surface area contributed by atoms with Gasteiger partial charge in [0.25, 0.3) is 0 Å². The van der Waals surface area contributed by atoms with Gasteiger partial charge in [0.15, 0.2) is 8.32 Å². The molecule has 3 aliphatic carbocycles. The van der Waals surface area contributed by atoms with Gasteiger partial charge in [-0.05, 0) is 61.6 Å². The van der Waals surface area contributed by atoms with E-state index in [0.717, 1.165) is 6.61 Å². The lowest BCUT2D eigenvalue weighted by Crippen LogP contribution is -2.45. The molecule has 3 fully saturated rings. The van der Waals surface area contributed by atoms with Gasteiger partial charge in [-0.3, -0.25) is 4.79 Å². The summed E-state index contributed by atoms with van der Waals surface area (Å²) in [6.45, 7) is 12.5. The van der Waals surface area contributed by atoms with Gasteiger partial charge < -0.3 is 4.43 Å². The third-order valence-corrected chi connectivity index (χ3v) is 11.4. The molecule has 3 saturated carbocycles. The van der Waals surface area contributed by atoms with Crippen LogP contribution in [0.1, 0.15) is 46.5 Å². The fourth-order valence-corrected chi connectivity index (χ4v) is 5.71. The SMILES string of the molecule is CC(C)(C)[Si](C)(C)OCC1C2CCC1C1CCC2C1=O. The van der Waals surface area contributed by atoms with Crippen LogP contribution in [0.3, 0.4) is 0 Å². The average molecular weight is 295 g/mol. The number of hydrogen-bond donors (Lipinski definition) is 0. The van der Waals surface area contributed by atoms with Crippen LogP contribution in [0.2, 0.25) is 18.1 Å². The fraction of sp³-hybridized carbons (Fsp3) is 0.941. The lowest BCUT2D eigenvalue weighted by molar-refractivity contribution is -0.130. The molecule has 0 amide bonds. The second-order valence-corrected chi connectivity index (χ2v) is 13.6. The first-order valence-electron chi connectivity index (χ1n) is 8.40. The highest BCUT2D eigenvalue weighted by molar-refractivity contribution is 6.74. The maximum Gasteiger partial charge on any atom is 0.191 e. The fourth-order valence-electron chi connectivity index (χ4n) is 4.67. The van der Waals surface area contributed by atoms with E-state index in [4.69, 9.17) is 4.43 Å². The van der Waals surface area contributed by atoms with Crippen LogP contribution in [0.4, 0.5) is 0 Å². The summed E-state index contributed by atoms with van der Waals surface area (Å²) in [5.41, 5.74) is 0. The Hall–Kier alpha value is -0.153. The van der Waals surface area contributed by atoms with Crippen LogP contribution in [0.25, 0.3) is 0 Å². The van der Waals surface area contributed by atoms with Crippen LogP contribution < -0.4 is 0 Å². The van der Waals surface area contributed by atoms with Crippen LogP contribution in [0, 0.1) is 29.6 Å². The number of carbonyl (C=O) groups excluding carboxylic acids is 1. The summed E-state index contributed by atoms with van der Waals surface area (Å²) in [5.74, 6) is 3.38. The Kier molecular flexibility index (Phi) is 3.45. The van der Waals surface area contributed by atoms with Crippen molar-refractivity contribution < 1.29 is 9.22 Å². The Morgan fingerprint density at radius 1 is 1.05 bits per heavy atom. The summed E-state index contributed by atoms with van der Waals surface area (Å²) in [5, 5.41) is 0.287. The van der Waals surface area contributed by atoms with E-state index in [2.05, 4.69) is 33.9 Å². The largest absolute Gasteiger partial charge is 0.417 e. The van der Waals surface area contributed by atoms with Crippen molar-refractivity contribution in [1.29, 1.82) is 0 Å². The van der Waals surface area contributed by atoms with Gasteiger partial charge in [-0.1, -0.05) is 20.8 Å². The molecule has 4 unspecified atom stereocenters. The third kappa shape index (κ3) is 2.12. The van der Waals surface area contributed by atoms with E-state index in [1.807, 2.05) is 0 Å². The Balaban J connectivity index is 1.70. The van der Waals surface area contributed by atoms with Gasteiger partial charge in [0, 0.05) is 18.4 Å². The number of carbonyl (C=O) groups is 1. The molecule has 0 spiro atoms. The van der Waals surface area contributed by atoms with E-state index in [0.29, 0.717) is 35.4 Å². The second-order valence-electron chi connectivity index (χ2n) is 8.83. The first-order chi connectivity index (χ1) is 9.22. The van der Waals surface area contributed by atoms with Gasteiger partial charge in [-0.2, -0.15) is 0 Å². The number of ketones is 1. The molecule has 0 aliphatic heterocycles. The van der Waals surface area contributed by atoms with Gasteiger partial charge in [-0.25, -0.2) is 0 Å². The monoisotopic (exact) mass is 294 g/mol. The topological polar surface area (TPSA) is 26.3 Å². The van der Waals surface area contributed by atoms with Gasteiger partial charge >= 0.3 is 0 Å². The van der Waals surface area contributed by atoms with Crippen molar-refractivity contribution in [3.8, 4) is 0 Å². The van der Waals surface area contributed by atoms with E-state index in [-0.39, 0.29) is 5.04 Å². The smallest absolute Gasteiger partial charge is 0.191 e. The standard InChI is InChI=1S/C17H30O2Si/c1-17(2,3)20(4,5)19-10-15-11-6-7-12(15)14-9-8-13(11)16(14)18/h11-15H,6-10H2,1-5H3. The summed E-state index contributed by atoms with van der Waals surface area (Å²) in [4.78, 5) is 12.3. The van der Waals surface area contributed by atoms with Crippen LogP contribution in [-0.2, 0) is 9.22 Å². The highest BCUT2D eigenvalue weighted by Crippen LogP contribution is 2.57. The van der Waals surface area contributed by atoms with Gasteiger partial charge in [0.2, 0.25) is 0 Å². The second kappa shape index (κ2) is 4.67. The minimum atomic E-state index is -1.65. The third-order valence-electron chi connectivity index (χ3n) is 6.93. The van der Waals surface area contributed by atoms with Gasteiger partial charge in [0.05, 0.1) is 0 Å². The van der Waals surface area contributed by atoms with Crippen LogP contribution in [0.5, 0.6) is 0 Å². The molecule has 0 aromatic rings. The lowest BCUT2D eigenvalue weighted by atomic mass is 9.71. The number of hydrogen-bond acceptors (Lipinski definition) is 2. The van der Waals surface area contributed by atoms with Crippen molar-refractivity contribution in [2.45, 2.75) is 64.6 Å². The van der Waals surface area contributed by atoms with E-state index in [1.165, 1.54) is 25.7 Å².